The number of fused-ring (bicyclic) bond motifs is 1. The summed E-state index contributed by atoms with van der Waals surface area (Å²) in [6, 6.07) is 8.44. The summed E-state index contributed by atoms with van der Waals surface area (Å²) in [5.74, 6) is 0.373. The van der Waals surface area contributed by atoms with Crippen LogP contribution >= 0.6 is 0 Å². The first-order valence-electron chi connectivity index (χ1n) is 6.15. The number of benzene rings is 1. The van der Waals surface area contributed by atoms with Crippen LogP contribution in [0.3, 0.4) is 0 Å². The predicted molar refractivity (Wildman–Crippen MR) is 66.3 cm³/mol. The van der Waals surface area contributed by atoms with Gasteiger partial charge in [-0.25, -0.2) is 0 Å². The lowest BCUT2D eigenvalue weighted by Crippen LogP contribution is -2.25. The lowest BCUT2D eigenvalue weighted by atomic mass is 9.74. The third kappa shape index (κ3) is 2.11. The Balaban J connectivity index is 1.99. The lowest BCUT2D eigenvalue weighted by Gasteiger charge is -2.30. The molecule has 0 aliphatic heterocycles. The van der Waals surface area contributed by atoms with E-state index in [9.17, 15) is 0 Å². The van der Waals surface area contributed by atoms with E-state index in [4.69, 9.17) is 5.21 Å². The fourth-order valence-corrected chi connectivity index (χ4v) is 2.41. The van der Waals surface area contributed by atoms with Crippen molar-refractivity contribution in [3.8, 4) is 0 Å². The Labute approximate surface area is 97.0 Å². The number of nitrogens with zero attached hydrogens (tertiary/aromatic N) is 1. The molecule has 1 aromatic carbocycles. The molecule has 0 amide bonds. The molecule has 0 saturated carbocycles. The topological polar surface area (TPSA) is 32.6 Å². The molecule has 0 radical (unpaired) electrons. The zero-order valence-electron chi connectivity index (χ0n) is 9.82. The molecule has 2 rings (SSSR count). The third-order valence-corrected chi connectivity index (χ3v) is 3.42. The van der Waals surface area contributed by atoms with Crippen LogP contribution in [0, 0.1) is 0 Å². The average Bonchev–Trinajstić information content (AvgIpc) is 2.29. The molecule has 0 heterocycles. The van der Waals surface area contributed by atoms with Crippen molar-refractivity contribution >= 4 is 5.71 Å². The minimum absolute atomic E-state index is 0.373. The van der Waals surface area contributed by atoms with E-state index >= 15 is 0 Å². The molecule has 1 aromatic rings. The summed E-state index contributed by atoms with van der Waals surface area (Å²) < 4.78 is 0. The van der Waals surface area contributed by atoms with Crippen molar-refractivity contribution in [3.63, 3.8) is 0 Å². The first-order valence-corrected chi connectivity index (χ1v) is 6.15. The second kappa shape index (κ2) is 5.15. The first-order chi connectivity index (χ1) is 7.86. The van der Waals surface area contributed by atoms with Crippen LogP contribution in [0.25, 0.3) is 0 Å². The molecule has 0 spiro atoms. The zero-order valence-corrected chi connectivity index (χ0v) is 9.82. The molecular weight excluding hydrogens is 198 g/mol. The van der Waals surface area contributed by atoms with Gasteiger partial charge in [0.1, 0.15) is 0 Å². The van der Waals surface area contributed by atoms with E-state index in [1.54, 1.807) is 0 Å². The molecule has 86 valence electrons. The van der Waals surface area contributed by atoms with Gasteiger partial charge in [-0.05, 0) is 30.4 Å². The maximum atomic E-state index is 9.07. The first kappa shape index (κ1) is 11.2. The summed E-state index contributed by atoms with van der Waals surface area (Å²) in [6.07, 6.45) is 5.53. The van der Waals surface area contributed by atoms with Gasteiger partial charge >= 0.3 is 0 Å². The van der Waals surface area contributed by atoms with E-state index in [2.05, 4.69) is 36.3 Å². The lowest BCUT2D eigenvalue weighted by molar-refractivity contribution is 0.314. The Hall–Kier alpha value is -1.31. The maximum Gasteiger partial charge on any atom is 0.0648 e. The molecule has 0 aromatic heterocycles. The van der Waals surface area contributed by atoms with E-state index < -0.39 is 0 Å². The molecule has 1 atom stereocenters. The highest BCUT2D eigenvalue weighted by Gasteiger charge is 2.29. The number of unbranched alkanes of at least 4 members (excludes halogenated alkanes) is 2. The second-order valence-corrected chi connectivity index (χ2v) is 4.50. The van der Waals surface area contributed by atoms with Crippen molar-refractivity contribution in [1.29, 1.82) is 0 Å². The van der Waals surface area contributed by atoms with E-state index in [1.165, 1.54) is 24.0 Å². The van der Waals surface area contributed by atoms with E-state index in [0.717, 1.165) is 25.0 Å². The van der Waals surface area contributed by atoms with E-state index in [1.807, 2.05) is 0 Å². The summed E-state index contributed by atoms with van der Waals surface area (Å²) in [5.41, 5.74) is 3.73. The van der Waals surface area contributed by atoms with E-state index in [0.29, 0.717) is 5.92 Å². The van der Waals surface area contributed by atoms with Crippen molar-refractivity contribution < 1.29 is 5.21 Å². The third-order valence-electron chi connectivity index (χ3n) is 3.42. The van der Waals surface area contributed by atoms with Crippen LogP contribution in [0.4, 0.5) is 0 Å². The average molecular weight is 217 g/mol. The Morgan fingerprint density at radius 1 is 1.38 bits per heavy atom. The van der Waals surface area contributed by atoms with Crippen LogP contribution in [-0.2, 0) is 6.42 Å². The van der Waals surface area contributed by atoms with Crippen LogP contribution in [0.2, 0.25) is 0 Å². The van der Waals surface area contributed by atoms with Crippen molar-refractivity contribution in [1.82, 2.24) is 0 Å². The Kier molecular flexibility index (Phi) is 3.60. The van der Waals surface area contributed by atoms with Crippen LogP contribution < -0.4 is 0 Å². The maximum absolute atomic E-state index is 9.07. The van der Waals surface area contributed by atoms with Crippen molar-refractivity contribution in [3.05, 3.63) is 35.4 Å². The normalized spacial score (nSPS) is 19.1. The number of hydrogen-bond donors (Lipinski definition) is 1. The van der Waals surface area contributed by atoms with Crippen LogP contribution in [-0.4, -0.2) is 10.9 Å². The molecule has 1 N–H and O–H groups in total. The Morgan fingerprint density at radius 3 is 2.88 bits per heavy atom. The molecular formula is C14H19NO. The summed E-state index contributed by atoms with van der Waals surface area (Å²) in [5, 5.41) is 12.6. The molecule has 2 heteroatoms. The zero-order chi connectivity index (χ0) is 11.4. The summed E-state index contributed by atoms with van der Waals surface area (Å²) in [7, 11) is 0. The monoisotopic (exact) mass is 217 g/mol. The second-order valence-electron chi connectivity index (χ2n) is 4.50. The van der Waals surface area contributed by atoms with Gasteiger partial charge in [0.2, 0.25) is 0 Å². The summed E-state index contributed by atoms with van der Waals surface area (Å²) in [4.78, 5) is 0. The highest BCUT2D eigenvalue weighted by Crippen LogP contribution is 2.37. The quantitative estimate of drug-likeness (QED) is 0.346. The summed E-state index contributed by atoms with van der Waals surface area (Å²) >= 11 is 0. The van der Waals surface area contributed by atoms with Crippen molar-refractivity contribution in [2.45, 2.75) is 44.9 Å². The van der Waals surface area contributed by atoms with Crippen LogP contribution in [0.15, 0.2) is 29.4 Å². The molecule has 0 bridgehead atoms. The predicted octanol–water partition coefficient (Wildman–Crippen LogP) is 3.74. The van der Waals surface area contributed by atoms with Gasteiger partial charge in [0, 0.05) is 5.92 Å². The van der Waals surface area contributed by atoms with Crippen molar-refractivity contribution in [2.75, 3.05) is 0 Å². The molecule has 1 aliphatic carbocycles. The Bertz CT molecular complexity index is 384. The fraction of sp³-hybridized carbons (Fsp3) is 0.500. The number of hydrogen-bond acceptors (Lipinski definition) is 2. The van der Waals surface area contributed by atoms with Gasteiger partial charge in [0.25, 0.3) is 0 Å². The number of oxime groups is 1. The smallest absolute Gasteiger partial charge is 0.0648 e. The minimum Gasteiger partial charge on any atom is -0.411 e. The largest absolute Gasteiger partial charge is 0.411 e. The minimum atomic E-state index is 0.373. The van der Waals surface area contributed by atoms with E-state index in [-0.39, 0.29) is 0 Å². The molecule has 2 nitrogen and oxygen atoms in total. The van der Waals surface area contributed by atoms with Gasteiger partial charge in [-0.1, -0.05) is 49.2 Å². The van der Waals surface area contributed by atoms with Crippen LogP contribution in [0.5, 0.6) is 0 Å². The SMILES string of the molecule is CCCCCC(=NO)C1Cc2ccccc21. The molecule has 16 heavy (non-hydrogen) atoms. The van der Waals surface area contributed by atoms with Crippen LogP contribution in [0.1, 0.15) is 49.7 Å². The highest BCUT2D eigenvalue weighted by atomic mass is 16.4. The molecule has 0 fully saturated rings. The van der Waals surface area contributed by atoms with Gasteiger partial charge < -0.3 is 5.21 Å². The van der Waals surface area contributed by atoms with Gasteiger partial charge in [-0.15, -0.1) is 0 Å². The van der Waals surface area contributed by atoms with Gasteiger partial charge in [0.15, 0.2) is 0 Å². The molecule has 0 saturated heterocycles. The Morgan fingerprint density at radius 2 is 2.19 bits per heavy atom. The fourth-order valence-electron chi connectivity index (χ4n) is 2.41. The molecule has 1 aliphatic rings. The van der Waals surface area contributed by atoms with Gasteiger partial charge in [-0.3, -0.25) is 0 Å². The standard InChI is InChI=1S/C14H19NO/c1-2-3-4-9-14(15-16)13-10-11-7-5-6-8-12(11)13/h5-8,13,16H,2-4,9-10H2,1H3. The summed E-state index contributed by atoms with van der Waals surface area (Å²) in [6.45, 7) is 2.19. The number of rotatable bonds is 5. The van der Waals surface area contributed by atoms with Crippen molar-refractivity contribution in [2.24, 2.45) is 5.16 Å². The highest BCUT2D eigenvalue weighted by molar-refractivity contribution is 5.93. The van der Waals surface area contributed by atoms with Gasteiger partial charge in [0.05, 0.1) is 5.71 Å². The van der Waals surface area contributed by atoms with Gasteiger partial charge in [-0.2, -0.15) is 0 Å². The molecule has 1 unspecified atom stereocenters.